The van der Waals surface area contributed by atoms with Crippen LogP contribution in [-0.2, 0) is 9.47 Å². The first-order chi connectivity index (χ1) is 8.45. The summed E-state index contributed by atoms with van der Waals surface area (Å²) in [5.41, 5.74) is 0. The molecule has 0 aromatic carbocycles. The van der Waals surface area contributed by atoms with Crippen molar-refractivity contribution in [3.05, 3.63) is 0 Å². The molecule has 0 aliphatic heterocycles. The highest BCUT2D eigenvalue weighted by Gasteiger charge is 2.14. The summed E-state index contributed by atoms with van der Waals surface area (Å²) >= 11 is 0. The SMILES string of the molecule is C1CCC(COCCOC2CCCCC2)CC1. The fraction of sp³-hybridized carbons (Fsp3) is 1.00. The largest absolute Gasteiger partial charge is 0.379 e. The van der Waals surface area contributed by atoms with Gasteiger partial charge in [-0.25, -0.2) is 0 Å². The molecule has 0 spiro atoms. The lowest BCUT2D eigenvalue weighted by Gasteiger charge is -2.23. The van der Waals surface area contributed by atoms with Crippen molar-refractivity contribution in [2.24, 2.45) is 5.92 Å². The zero-order chi connectivity index (χ0) is 11.8. The standard InChI is InChI=1S/C15H28O2/c1-3-7-14(8-4-1)13-16-11-12-17-15-9-5-2-6-10-15/h14-15H,1-13H2. The van der Waals surface area contributed by atoms with E-state index in [1.807, 2.05) is 0 Å². The van der Waals surface area contributed by atoms with Gasteiger partial charge in [0, 0.05) is 6.61 Å². The Morgan fingerprint density at radius 2 is 1.35 bits per heavy atom. The molecule has 2 saturated carbocycles. The third kappa shape index (κ3) is 5.39. The summed E-state index contributed by atoms with van der Waals surface area (Å²) in [5.74, 6) is 0.832. The lowest BCUT2D eigenvalue weighted by atomic mass is 9.90. The first kappa shape index (κ1) is 13.4. The molecule has 0 heterocycles. The summed E-state index contributed by atoms with van der Waals surface area (Å²) in [4.78, 5) is 0. The van der Waals surface area contributed by atoms with Crippen LogP contribution in [0.25, 0.3) is 0 Å². The van der Waals surface area contributed by atoms with E-state index in [1.165, 1.54) is 64.2 Å². The summed E-state index contributed by atoms with van der Waals surface area (Å²) in [6.45, 7) is 2.57. The molecule has 0 N–H and O–H groups in total. The monoisotopic (exact) mass is 240 g/mol. The van der Waals surface area contributed by atoms with Gasteiger partial charge in [0.25, 0.3) is 0 Å². The minimum atomic E-state index is 0.530. The quantitative estimate of drug-likeness (QED) is 0.655. The van der Waals surface area contributed by atoms with Crippen LogP contribution >= 0.6 is 0 Å². The maximum Gasteiger partial charge on any atom is 0.0704 e. The number of rotatable bonds is 6. The van der Waals surface area contributed by atoms with E-state index < -0.39 is 0 Å². The summed E-state index contributed by atoms with van der Waals surface area (Å²) in [6, 6.07) is 0. The van der Waals surface area contributed by atoms with E-state index in [0.717, 1.165) is 25.7 Å². The van der Waals surface area contributed by atoms with Crippen molar-refractivity contribution in [1.29, 1.82) is 0 Å². The molecule has 2 aliphatic carbocycles. The highest BCUT2D eigenvalue weighted by Crippen LogP contribution is 2.23. The topological polar surface area (TPSA) is 18.5 Å². The summed E-state index contributed by atoms with van der Waals surface area (Å²) < 4.78 is 11.6. The molecule has 0 unspecified atom stereocenters. The molecule has 0 saturated heterocycles. The third-order valence-corrected chi connectivity index (χ3v) is 4.21. The molecule has 100 valence electrons. The minimum Gasteiger partial charge on any atom is -0.379 e. The Labute approximate surface area is 106 Å². The van der Waals surface area contributed by atoms with E-state index in [0.29, 0.717) is 6.10 Å². The molecular formula is C15H28O2. The van der Waals surface area contributed by atoms with Gasteiger partial charge in [-0.15, -0.1) is 0 Å². The van der Waals surface area contributed by atoms with Crippen molar-refractivity contribution in [1.82, 2.24) is 0 Å². The van der Waals surface area contributed by atoms with Crippen molar-refractivity contribution in [2.75, 3.05) is 19.8 Å². The molecule has 0 atom stereocenters. The predicted octanol–water partition coefficient (Wildman–Crippen LogP) is 3.93. The van der Waals surface area contributed by atoms with Crippen LogP contribution in [0, 0.1) is 5.92 Å². The van der Waals surface area contributed by atoms with E-state index >= 15 is 0 Å². The first-order valence-electron chi connectivity index (χ1n) is 7.64. The van der Waals surface area contributed by atoms with E-state index in [1.54, 1.807) is 0 Å². The molecule has 0 aromatic rings. The van der Waals surface area contributed by atoms with E-state index in [-0.39, 0.29) is 0 Å². The summed E-state index contributed by atoms with van der Waals surface area (Å²) in [7, 11) is 0. The van der Waals surface area contributed by atoms with Crippen LogP contribution in [0.15, 0.2) is 0 Å². The van der Waals surface area contributed by atoms with Gasteiger partial charge >= 0.3 is 0 Å². The molecule has 2 rings (SSSR count). The van der Waals surface area contributed by atoms with Crippen LogP contribution in [0.4, 0.5) is 0 Å². The first-order valence-corrected chi connectivity index (χ1v) is 7.64. The molecule has 17 heavy (non-hydrogen) atoms. The summed E-state index contributed by atoms with van der Waals surface area (Å²) in [5, 5.41) is 0. The van der Waals surface area contributed by atoms with Crippen molar-refractivity contribution in [3.63, 3.8) is 0 Å². The van der Waals surface area contributed by atoms with Crippen LogP contribution in [0.5, 0.6) is 0 Å². The van der Waals surface area contributed by atoms with Gasteiger partial charge < -0.3 is 9.47 Å². The molecule has 0 amide bonds. The second-order valence-corrected chi connectivity index (χ2v) is 5.71. The zero-order valence-electron chi connectivity index (χ0n) is 11.2. The van der Waals surface area contributed by atoms with Crippen molar-refractivity contribution < 1.29 is 9.47 Å². The number of ether oxygens (including phenoxy) is 2. The molecular weight excluding hydrogens is 212 g/mol. The highest BCUT2D eigenvalue weighted by molar-refractivity contribution is 4.66. The molecule has 2 nitrogen and oxygen atoms in total. The maximum absolute atomic E-state index is 5.85. The van der Waals surface area contributed by atoms with Crippen molar-refractivity contribution in [2.45, 2.75) is 70.3 Å². The molecule has 2 aliphatic rings. The second-order valence-electron chi connectivity index (χ2n) is 5.71. The van der Waals surface area contributed by atoms with Crippen LogP contribution in [0.3, 0.4) is 0 Å². The van der Waals surface area contributed by atoms with Gasteiger partial charge in [0.05, 0.1) is 19.3 Å². The van der Waals surface area contributed by atoms with Crippen LogP contribution in [0.1, 0.15) is 64.2 Å². The Balaban J connectivity index is 1.42. The zero-order valence-corrected chi connectivity index (χ0v) is 11.2. The Hall–Kier alpha value is -0.0800. The lowest BCUT2D eigenvalue weighted by Crippen LogP contribution is -2.20. The highest BCUT2D eigenvalue weighted by atomic mass is 16.5. The fourth-order valence-electron chi connectivity index (χ4n) is 3.11. The average molecular weight is 240 g/mol. The van der Waals surface area contributed by atoms with Gasteiger partial charge in [0.15, 0.2) is 0 Å². The molecule has 2 fully saturated rings. The smallest absolute Gasteiger partial charge is 0.0704 e. The van der Waals surface area contributed by atoms with Crippen molar-refractivity contribution >= 4 is 0 Å². The predicted molar refractivity (Wildman–Crippen MR) is 70.2 cm³/mol. The van der Waals surface area contributed by atoms with E-state index in [4.69, 9.17) is 9.47 Å². The average Bonchev–Trinajstić information content (AvgIpc) is 2.41. The Kier molecular flexibility index (Phi) is 6.36. The number of hydrogen-bond acceptors (Lipinski definition) is 2. The van der Waals surface area contributed by atoms with Gasteiger partial charge in [0.1, 0.15) is 0 Å². The van der Waals surface area contributed by atoms with E-state index in [9.17, 15) is 0 Å². The third-order valence-electron chi connectivity index (χ3n) is 4.21. The van der Waals surface area contributed by atoms with Gasteiger partial charge in [0.2, 0.25) is 0 Å². The summed E-state index contributed by atoms with van der Waals surface area (Å²) in [6.07, 6.45) is 14.2. The normalized spacial score (nSPS) is 24.0. The lowest BCUT2D eigenvalue weighted by molar-refractivity contribution is -0.0183. The van der Waals surface area contributed by atoms with Crippen LogP contribution in [-0.4, -0.2) is 25.9 Å². The molecule has 2 heteroatoms. The van der Waals surface area contributed by atoms with Crippen LogP contribution < -0.4 is 0 Å². The van der Waals surface area contributed by atoms with Crippen molar-refractivity contribution in [3.8, 4) is 0 Å². The Bertz CT molecular complexity index is 161. The maximum atomic E-state index is 5.85. The Morgan fingerprint density at radius 3 is 2.06 bits per heavy atom. The fourth-order valence-corrected chi connectivity index (χ4v) is 3.11. The molecule has 0 bridgehead atoms. The molecule has 0 aromatic heterocycles. The second kappa shape index (κ2) is 8.10. The minimum absolute atomic E-state index is 0.530. The molecule has 0 radical (unpaired) electrons. The van der Waals surface area contributed by atoms with Gasteiger partial charge in [-0.3, -0.25) is 0 Å². The number of hydrogen-bond donors (Lipinski definition) is 0. The van der Waals surface area contributed by atoms with Crippen LogP contribution in [0.2, 0.25) is 0 Å². The van der Waals surface area contributed by atoms with Gasteiger partial charge in [-0.1, -0.05) is 38.5 Å². The van der Waals surface area contributed by atoms with E-state index in [2.05, 4.69) is 0 Å². The Morgan fingerprint density at radius 1 is 0.706 bits per heavy atom. The van der Waals surface area contributed by atoms with Gasteiger partial charge in [-0.05, 0) is 31.6 Å². The van der Waals surface area contributed by atoms with Gasteiger partial charge in [-0.2, -0.15) is 0 Å².